The third-order valence-corrected chi connectivity index (χ3v) is 4.19. The van der Waals surface area contributed by atoms with E-state index in [-0.39, 0.29) is 11.9 Å². The Labute approximate surface area is 122 Å². The highest BCUT2D eigenvalue weighted by Gasteiger charge is 2.25. The van der Waals surface area contributed by atoms with Gasteiger partial charge in [0, 0.05) is 26.1 Å². The number of ether oxygens (including phenoxy) is 1. The summed E-state index contributed by atoms with van der Waals surface area (Å²) in [5.74, 6) is 1.01. The van der Waals surface area contributed by atoms with Crippen molar-refractivity contribution >= 4 is 29.2 Å². The van der Waals surface area contributed by atoms with Gasteiger partial charge in [0.2, 0.25) is 5.91 Å². The van der Waals surface area contributed by atoms with Gasteiger partial charge in [-0.2, -0.15) is 0 Å². The number of carbonyl (C=O) groups excluding carboxylic acids is 1. The summed E-state index contributed by atoms with van der Waals surface area (Å²) in [7, 11) is 3.49. The predicted octanol–water partition coefficient (Wildman–Crippen LogP) is 2.50. The van der Waals surface area contributed by atoms with Crippen LogP contribution in [0.25, 0.3) is 11.0 Å². The monoisotopic (exact) mass is 291 g/mol. The minimum atomic E-state index is 0.199. The highest BCUT2D eigenvalue weighted by molar-refractivity contribution is 7.71. The molecule has 1 amide bonds. The molecule has 1 saturated heterocycles. The number of aromatic amines is 1. The Hall–Kier alpha value is -1.82. The molecule has 0 bridgehead atoms. The molecule has 0 spiro atoms. The average Bonchev–Trinajstić information content (AvgIpc) is 2.77. The number of hydrogen-bond acceptors (Lipinski definition) is 3. The summed E-state index contributed by atoms with van der Waals surface area (Å²) in [4.78, 5) is 16.6. The number of benzene rings is 1. The van der Waals surface area contributed by atoms with E-state index in [1.807, 2.05) is 25.2 Å². The number of imidazole rings is 1. The summed E-state index contributed by atoms with van der Waals surface area (Å²) in [6.07, 6.45) is 1.39. The van der Waals surface area contributed by atoms with Crippen molar-refractivity contribution in [2.45, 2.75) is 18.9 Å². The largest absolute Gasteiger partial charge is 0.497 e. The zero-order valence-electron chi connectivity index (χ0n) is 11.5. The summed E-state index contributed by atoms with van der Waals surface area (Å²) < 4.78 is 8.09. The number of likely N-dealkylation sites (N-methyl/N-ethyl adjacent to an activating group) is 1. The topological polar surface area (TPSA) is 50.3 Å². The van der Waals surface area contributed by atoms with Crippen molar-refractivity contribution in [3.63, 3.8) is 0 Å². The zero-order chi connectivity index (χ0) is 14.3. The van der Waals surface area contributed by atoms with Crippen molar-refractivity contribution in [2.24, 2.45) is 0 Å². The molecule has 1 N–H and O–H groups in total. The summed E-state index contributed by atoms with van der Waals surface area (Å²) in [5, 5.41) is 0. The molecule has 1 aromatic carbocycles. The Bertz CT molecular complexity index is 719. The molecule has 1 fully saturated rings. The number of methoxy groups -OCH3 is 1. The quantitative estimate of drug-likeness (QED) is 0.865. The van der Waals surface area contributed by atoms with E-state index >= 15 is 0 Å². The number of amides is 1. The van der Waals surface area contributed by atoms with Gasteiger partial charge in [-0.1, -0.05) is 0 Å². The van der Waals surface area contributed by atoms with Crippen LogP contribution in [0.3, 0.4) is 0 Å². The molecule has 3 rings (SSSR count). The van der Waals surface area contributed by atoms with Crippen LogP contribution in [-0.4, -0.2) is 41.1 Å². The Balaban J connectivity index is 2.08. The molecular formula is C14H17N3O2S. The molecule has 0 radical (unpaired) electrons. The Morgan fingerprint density at radius 2 is 2.25 bits per heavy atom. The molecular weight excluding hydrogens is 274 g/mol. The molecule has 0 aliphatic carbocycles. The first-order valence-corrected chi connectivity index (χ1v) is 7.03. The molecule has 1 atom stereocenters. The second-order valence-corrected chi connectivity index (χ2v) is 5.54. The van der Waals surface area contributed by atoms with Crippen molar-refractivity contribution in [1.29, 1.82) is 0 Å². The van der Waals surface area contributed by atoms with Crippen LogP contribution in [0.15, 0.2) is 18.2 Å². The lowest BCUT2D eigenvalue weighted by Crippen LogP contribution is -2.37. The van der Waals surface area contributed by atoms with Gasteiger partial charge in [0.15, 0.2) is 4.77 Å². The Morgan fingerprint density at radius 1 is 1.45 bits per heavy atom. The number of carbonyl (C=O) groups is 1. The Morgan fingerprint density at radius 3 is 2.95 bits per heavy atom. The normalized spacial score (nSPS) is 19.6. The van der Waals surface area contributed by atoms with E-state index < -0.39 is 0 Å². The number of nitrogens with zero attached hydrogens (tertiary/aromatic N) is 2. The maximum Gasteiger partial charge on any atom is 0.222 e. The molecule has 20 heavy (non-hydrogen) atoms. The van der Waals surface area contributed by atoms with Crippen LogP contribution in [0, 0.1) is 4.77 Å². The van der Waals surface area contributed by atoms with Crippen molar-refractivity contribution in [1.82, 2.24) is 14.5 Å². The second kappa shape index (κ2) is 4.94. The standard InChI is InChI=1S/C14H17N3O2S/c1-16-8-9(3-6-13(16)18)17-12-7-10(19-2)4-5-11(12)15-14(17)20/h4-5,7,9H,3,6,8H2,1-2H3,(H,15,20). The van der Waals surface area contributed by atoms with E-state index in [0.29, 0.717) is 17.7 Å². The van der Waals surface area contributed by atoms with E-state index in [9.17, 15) is 4.79 Å². The number of hydrogen-bond donors (Lipinski definition) is 1. The van der Waals surface area contributed by atoms with Gasteiger partial charge < -0.3 is 19.2 Å². The number of fused-ring (bicyclic) bond motifs is 1. The van der Waals surface area contributed by atoms with E-state index in [4.69, 9.17) is 17.0 Å². The molecule has 1 unspecified atom stereocenters. The van der Waals surface area contributed by atoms with E-state index in [1.54, 1.807) is 12.0 Å². The maximum atomic E-state index is 11.6. The lowest BCUT2D eigenvalue weighted by Gasteiger charge is -2.30. The zero-order valence-corrected chi connectivity index (χ0v) is 12.4. The minimum Gasteiger partial charge on any atom is -0.497 e. The lowest BCUT2D eigenvalue weighted by molar-refractivity contribution is -0.132. The molecule has 6 heteroatoms. The molecule has 1 aliphatic rings. The van der Waals surface area contributed by atoms with Crippen LogP contribution < -0.4 is 4.74 Å². The molecule has 5 nitrogen and oxygen atoms in total. The van der Waals surface area contributed by atoms with Gasteiger partial charge in [0.25, 0.3) is 0 Å². The van der Waals surface area contributed by atoms with Gasteiger partial charge in [0.1, 0.15) is 5.75 Å². The number of nitrogens with one attached hydrogen (secondary N) is 1. The highest BCUT2D eigenvalue weighted by atomic mass is 32.1. The van der Waals surface area contributed by atoms with Gasteiger partial charge >= 0.3 is 0 Å². The first-order valence-electron chi connectivity index (χ1n) is 6.62. The van der Waals surface area contributed by atoms with Crippen LogP contribution in [0.5, 0.6) is 5.75 Å². The smallest absolute Gasteiger partial charge is 0.222 e. The van der Waals surface area contributed by atoms with Crippen LogP contribution >= 0.6 is 12.2 Å². The van der Waals surface area contributed by atoms with E-state index in [2.05, 4.69) is 9.55 Å². The van der Waals surface area contributed by atoms with Crippen molar-refractivity contribution in [3.8, 4) is 5.75 Å². The number of H-pyrrole nitrogens is 1. The van der Waals surface area contributed by atoms with Crippen LogP contribution in [0.1, 0.15) is 18.9 Å². The molecule has 2 heterocycles. The lowest BCUT2D eigenvalue weighted by atomic mass is 10.1. The van der Waals surface area contributed by atoms with Crippen LogP contribution in [0.2, 0.25) is 0 Å². The van der Waals surface area contributed by atoms with Crippen LogP contribution in [-0.2, 0) is 4.79 Å². The molecule has 1 aromatic heterocycles. The third kappa shape index (κ3) is 2.10. The molecule has 1 aliphatic heterocycles. The molecule has 0 saturated carbocycles. The summed E-state index contributed by atoms with van der Waals surface area (Å²) in [6.45, 7) is 0.692. The predicted molar refractivity (Wildman–Crippen MR) is 79.6 cm³/mol. The molecule has 2 aromatic rings. The highest BCUT2D eigenvalue weighted by Crippen LogP contribution is 2.28. The first kappa shape index (κ1) is 13.2. The minimum absolute atomic E-state index is 0.199. The number of rotatable bonds is 2. The van der Waals surface area contributed by atoms with Crippen LogP contribution in [0.4, 0.5) is 0 Å². The maximum absolute atomic E-state index is 11.6. The average molecular weight is 291 g/mol. The SMILES string of the molecule is COc1ccc2[nH]c(=S)n(C3CCC(=O)N(C)C3)c2c1. The number of likely N-dealkylation sites (tertiary alicyclic amines) is 1. The Kier molecular flexibility index (Phi) is 3.25. The van der Waals surface area contributed by atoms with Gasteiger partial charge in [-0.25, -0.2) is 0 Å². The second-order valence-electron chi connectivity index (χ2n) is 5.15. The number of piperidine rings is 1. The summed E-state index contributed by atoms with van der Waals surface area (Å²) >= 11 is 5.44. The van der Waals surface area contributed by atoms with Gasteiger partial charge in [-0.3, -0.25) is 4.79 Å². The van der Waals surface area contributed by atoms with Gasteiger partial charge in [-0.05, 0) is 30.8 Å². The van der Waals surface area contributed by atoms with Gasteiger partial charge in [-0.15, -0.1) is 0 Å². The van der Waals surface area contributed by atoms with E-state index in [1.165, 1.54) is 0 Å². The van der Waals surface area contributed by atoms with Gasteiger partial charge in [0.05, 0.1) is 24.2 Å². The van der Waals surface area contributed by atoms with Crippen molar-refractivity contribution in [3.05, 3.63) is 23.0 Å². The first-order chi connectivity index (χ1) is 9.60. The third-order valence-electron chi connectivity index (χ3n) is 3.89. The van der Waals surface area contributed by atoms with Crippen molar-refractivity contribution in [2.75, 3.05) is 20.7 Å². The van der Waals surface area contributed by atoms with Crippen molar-refractivity contribution < 1.29 is 9.53 Å². The summed E-state index contributed by atoms with van der Waals surface area (Å²) in [6, 6.07) is 6.08. The fourth-order valence-electron chi connectivity index (χ4n) is 2.79. The molecule has 106 valence electrons. The summed E-state index contributed by atoms with van der Waals surface area (Å²) in [5.41, 5.74) is 2.03. The fourth-order valence-corrected chi connectivity index (χ4v) is 3.15. The fraction of sp³-hybridized carbons (Fsp3) is 0.429. The van der Waals surface area contributed by atoms with E-state index in [0.717, 1.165) is 23.2 Å². The number of aromatic nitrogens is 2.